The van der Waals surface area contributed by atoms with E-state index in [0.29, 0.717) is 5.69 Å². The molecular weight excluding hydrogens is 198 g/mol. The highest BCUT2D eigenvalue weighted by Crippen LogP contribution is 2.23. The molecule has 2 rings (SSSR count). The van der Waals surface area contributed by atoms with Gasteiger partial charge < -0.3 is 10.5 Å². The van der Waals surface area contributed by atoms with E-state index < -0.39 is 0 Å². The van der Waals surface area contributed by atoms with E-state index in [-0.39, 0.29) is 0 Å². The van der Waals surface area contributed by atoms with Crippen LogP contribution in [0.3, 0.4) is 0 Å². The van der Waals surface area contributed by atoms with Gasteiger partial charge in [-0.2, -0.15) is 0 Å². The zero-order valence-electron chi connectivity index (χ0n) is 9.31. The average Bonchev–Trinajstić information content (AvgIpc) is 2.30. The summed E-state index contributed by atoms with van der Waals surface area (Å²) in [7, 11) is 0. The third kappa shape index (κ3) is 2.54. The molecule has 2 N–H and O–H groups in total. The topological polar surface area (TPSA) is 35.2 Å². The number of benzene rings is 2. The van der Waals surface area contributed by atoms with Crippen molar-refractivity contribution in [1.82, 2.24) is 0 Å². The number of hydrogen-bond acceptors (Lipinski definition) is 2. The second kappa shape index (κ2) is 4.71. The van der Waals surface area contributed by atoms with Crippen LogP contribution in [0.5, 0.6) is 11.5 Å². The molecule has 0 bridgehead atoms. The van der Waals surface area contributed by atoms with Crippen LogP contribution in [0, 0.1) is 0 Å². The van der Waals surface area contributed by atoms with Gasteiger partial charge in [0.05, 0.1) is 0 Å². The predicted molar refractivity (Wildman–Crippen MR) is 66.7 cm³/mol. The fraction of sp³-hybridized carbons (Fsp3) is 0.143. The minimum absolute atomic E-state index is 0.711. The number of hydrogen-bond donors (Lipinski definition) is 1. The quantitative estimate of drug-likeness (QED) is 0.790. The molecule has 0 spiro atoms. The molecule has 2 aromatic rings. The van der Waals surface area contributed by atoms with Crippen molar-refractivity contribution in [2.45, 2.75) is 13.3 Å². The normalized spacial score (nSPS) is 10.1. The van der Waals surface area contributed by atoms with E-state index in [1.54, 1.807) is 0 Å². The van der Waals surface area contributed by atoms with Gasteiger partial charge in [0.15, 0.2) is 0 Å². The molecule has 0 saturated heterocycles. The molecule has 0 radical (unpaired) electrons. The first-order valence-electron chi connectivity index (χ1n) is 5.40. The van der Waals surface area contributed by atoms with Crippen LogP contribution in [0.25, 0.3) is 0 Å². The second-order valence-electron chi connectivity index (χ2n) is 3.67. The molecule has 0 atom stereocenters. The highest BCUT2D eigenvalue weighted by Gasteiger charge is 1.97. The van der Waals surface area contributed by atoms with E-state index in [1.165, 1.54) is 5.56 Å². The van der Waals surface area contributed by atoms with E-state index >= 15 is 0 Å². The maximum absolute atomic E-state index is 5.68. The third-order valence-corrected chi connectivity index (χ3v) is 2.43. The Morgan fingerprint density at radius 1 is 1.00 bits per heavy atom. The molecule has 0 fully saturated rings. The van der Waals surface area contributed by atoms with Crippen LogP contribution in [-0.2, 0) is 6.42 Å². The summed E-state index contributed by atoms with van der Waals surface area (Å²) < 4.78 is 5.68. The third-order valence-electron chi connectivity index (χ3n) is 2.43. The molecule has 2 aromatic carbocycles. The van der Waals surface area contributed by atoms with Crippen molar-refractivity contribution in [3.63, 3.8) is 0 Å². The Hall–Kier alpha value is -1.96. The monoisotopic (exact) mass is 213 g/mol. The fourth-order valence-electron chi connectivity index (χ4n) is 1.51. The minimum Gasteiger partial charge on any atom is -0.457 e. The van der Waals surface area contributed by atoms with Gasteiger partial charge in [-0.05, 0) is 36.2 Å². The summed E-state index contributed by atoms with van der Waals surface area (Å²) in [5.41, 5.74) is 7.69. The molecule has 0 saturated carbocycles. The van der Waals surface area contributed by atoms with Gasteiger partial charge in [0.1, 0.15) is 11.5 Å². The van der Waals surface area contributed by atoms with Crippen molar-refractivity contribution >= 4 is 5.69 Å². The Bertz CT molecular complexity index is 462. The molecule has 0 amide bonds. The first-order chi connectivity index (χ1) is 7.78. The van der Waals surface area contributed by atoms with Gasteiger partial charge in [-0.1, -0.05) is 25.1 Å². The van der Waals surface area contributed by atoms with Crippen molar-refractivity contribution in [3.8, 4) is 11.5 Å². The number of aryl methyl sites for hydroxylation is 1. The van der Waals surface area contributed by atoms with Crippen molar-refractivity contribution in [2.24, 2.45) is 0 Å². The highest BCUT2D eigenvalue weighted by molar-refractivity contribution is 5.45. The Kier molecular flexibility index (Phi) is 3.10. The van der Waals surface area contributed by atoms with Gasteiger partial charge >= 0.3 is 0 Å². The van der Waals surface area contributed by atoms with E-state index in [1.807, 2.05) is 36.4 Å². The molecule has 0 heterocycles. The summed E-state index contributed by atoms with van der Waals surface area (Å²) in [6, 6.07) is 15.5. The summed E-state index contributed by atoms with van der Waals surface area (Å²) in [6.45, 7) is 2.13. The van der Waals surface area contributed by atoms with Crippen molar-refractivity contribution < 1.29 is 4.74 Å². The maximum atomic E-state index is 5.68. The molecule has 82 valence electrons. The molecule has 0 unspecified atom stereocenters. The number of rotatable bonds is 3. The van der Waals surface area contributed by atoms with Crippen molar-refractivity contribution in [1.29, 1.82) is 0 Å². The Morgan fingerprint density at radius 2 is 1.75 bits per heavy atom. The molecule has 16 heavy (non-hydrogen) atoms. The first-order valence-corrected chi connectivity index (χ1v) is 5.40. The zero-order chi connectivity index (χ0) is 11.4. The zero-order valence-corrected chi connectivity index (χ0v) is 9.31. The van der Waals surface area contributed by atoms with Crippen LogP contribution in [0.2, 0.25) is 0 Å². The van der Waals surface area contributed by atoms with Gasteiger partial charge in [-0.15, -0.1) is 0 Å². The molecule has 2 heteroatoms. The minimum atomic E-state index is 0.711. The molecule has 0 aliphatic rings. The lowest BCUT2D eigenvalue weighted by Crippen LogP contribution is -1.88. The van der Waals surface area contributed by atoms with Crippen LogP contribution < -0.4 is 10.5 Å². The van der Waals surface area contributed by atoms with E-state index in [0.717, 1.165) is 17.9 Å². The van der Waals surface area contributed by atoms with Crippen molar-refractivity contribution in [2.75, 3.05) is 5.73 Å². The van der Waals surface area contributed by atoms with E-state index in [4.69, 9.17) is 10.5 Å². The van der Waals surface area contributed by atoms with Crippen LogP contribution in [0.15, 0.2) is 48.5 Å². The standard InChI is InChI=1S/C14H15NO/c1-2-11-6-8-13(9-7-11)16-14-5-3-4-12(15)10-14/h3-10H,2,15H2,1H3. The highest BCUT2D eigenvalue weighted by atomic mass is 16.5. The van der Waals surface area contributed by atoms with Crippen molar-refractivity contribution in [3.05, 3.63) is 54.1 Å². The summed E-state index contributed by atoms with van der Waals surface area (Å²) in [5, 5.41) is 0. The van der Waals surface area contributed by atoms with Crippen LogP contribution in [0.4, 0.5) is 5.69 Å². The van der Waals surface area contributed by atoms with E-state index in [2.05, 4.69) is 19.1 Å². The molecule has 0 aliphatic heterocycles. The molecule has 2 nitrogen and oxygen atoms in total. The van der Waals surface area contributed by atoms with Gasteiger partial charge in [-0.25, -0.2) is 0 Å². The number of nitrogen functional groups attached to an aromatic ring is 1. The lowest BCUT2D eigenvalue weighted by molar-refractivity contribution is 0.483. The largest absolute Gasteiger partial charge is 0.457 e. The van der Waals surface area contributed by atoms with Gasteiger partial charge in [0, 0.05) is 11.8 Å². The van der Waals surface area contributed by atoms with Crippen LogP contribution >= 0.6 is 0 Å². The molecule has 0 aliphatic carbocycles. The predicted octanol–water partition coefficient (Wildman–Crippen LogP) is 3.62. The Balaban J connectivity index is 2.14. The maximum Gasteiger partial charge on any atom is 0.129 e. The summed E-state index contributed by atoms with van der Waals surface area (Å²) >= 11 is 0. The average molecular weight is 213 g/mol. The second-order valence-corrected chi connectivity index (χ2v) is 3.67. The number of ether oxygens (including phenoxy) is 1. The number of anilines is 1. The smallest absolute Gasteiger partial charge is 0.129 e. The SMILES string of the molecule is CCc1ccc(Oc2cccc(N)c2)cc1. The summed E-state index contributed by atoms with van der Waals surface area (Å²) in [5.74, 6) is 1.60. The fourth-order valence-corrected chi connectivity index (χ4v) is 1.51. The van der Waals surface area contributed by atoms with Gasteiger partial charge in [-0.3, -0.25) is 0 Å². The van der Waals surface area contributed by atoms with Crippen LogP contribution in [-0.4, -0.2) is 0 Å². The molecule has 0 aromatic heterocycles. The lowest BCUT2D eigenvalue weighted by atomic mass is 10.2. The summed E-state index contributed by atoms with van der Waals surface area (Å²) in [4.78, 5) is 0. The molecular formula is C14H15NO. The Labute approximate surface area is 95.7 Å². The van der Waals surface area contributed by atoms with Crippen LogP contribution in [0.1, 0.15) is 12.5 Å². The Morgan fingerprint density at radius 3 is 2.38 bits per heavy atom. The van der Waals surface area contributed by atoms with Gasteiger partial charge in [0.2, 0.25) is 0 Å². The number of nitrogens with two attached hydrogens (primary N) is 1. The lowest BCUT2D eigenvalue weighted by Gasteiger charge is -2.06. The first kappa shape index (κ1) is 10.6. The van der Waals surface area contributed by atoms with Gasteiger partial charge in [0.25, 0.3) is 0 Å². The van der Waals surface area contributed by atoms with E-state index in [9.17, 15) is 0 Å². The summed E-state index contributed by atoms with van der Waals surface area (Å²) in [6.07, 6.45) is 1.04.